The van der Waals surface area contributed by atoms with Crippen LogP contribution < -0.4 is 29.1 Å². The van der Waals surface area contributed by atoms with E-state index in [1.165, 1.54) is 16.7 Å². The first-order chi connectivity index (χ1) is 17.4. The van der Waals surface area contributed by atoms with Gasteiger partial charge < -0.3 is 18.9 Å². The summed E-state index contributed by atoms with van der Waals surface area (Å²) in [6.45, 7) is 0.574. The van der Waals surface area contributed by atoms with E-state index in [2.05, 4.69) is 9.73 Å². The van der Waals surface area contributed by atoms with E-state index in [4.69, 9.17) is 14.2 Å². The van der Waals surface area contributed by atoms with Crippen LogP contribution in [0.15, 0.2) is 63.5 Å². The average molecular weight is 515 g/mol. The molecule has 0 unspecified atom stereocenters. The summed E-state index contributed by atoms with van der Waals surface area (Å²) in [5.41, 5.74) is 1.10. The van der Waals surface area contributed by atoms with Crippen LogP contribution in [0, 0.1) is 0 Å². The van der Waals surface area contributed by atoms with Crippen molar-refractivity contribution in [3.8, 4) is 17.2 Å². The number of ether oxygens (including phenoxy) is 4. The van der Waals surface area contributed by atoms with Crippen LogP contribution in [0.4, 0.5) is 8.78 Å². The number of allylic oxidation sites excluding steroid dienone is 1. The van der Waals surface area contributed by atoms with E-state index in [1.807, 2.05) is 0 Å². The molecular weight excluding hydrogens is 494 g/mol. The molecule has 2 aromatic carbocycles. The number of rotatable bonds is 6. The second kappa shape index (κ2) is 9.57. The lowest BCUT2D eigenvalue weighted by Gasteiger charge is -2.24. The Labute approximate surface area is 207 Å². The minimum atomic E-state index is -3.01. The van der Waals surface area contributed by atoms with Gasteiger partial charge in [0.1, 0.15) is 5.75 Å². The lowest BCUT2D eigenvalue weighted by atomic mass is 9.95. The summed E-state index contributed by atoms with van der Waals surface area (Å²) < 4.78 is 48.2. The second-order valence-electron chi connectivity index (χ2n) is 7.83. The van der Waals surface area contributed by atoms with Crippen molar-refractivity contribution in [3.63, 3.8) is 0 Å². The molecule has 1 atom stereocenters. The van der Waals surface area contributed by atoms with E-state index in [9.17, 15) is 18.4 Å². The maximum Gasteiger partial charge on any atom is 0.387 e. The number of thiazole rings is 1. The van der Waals surface area contributed by atoms with Crippen LogP contribution in [0.1, 0.15) is 31.0 Å². The molecule has 36 heavy (non-hydrogen) atoms. The van der Waals surface area contributed by atoms with Gasteiger partial charge in [0.2, 0.25) is 6.79 Å². The van der Waals surface area contributed by atoms with Crippen LogP contribution in [-0.4, -0.2) is 30.5 Å². The Bertz CT molecular complexity index is 1560. The molecule has 1 aromatic heterocycles. The summed E-state index contributed by atoms with van der Waals surface area (Å²) in [6.07, 6.45) is 1.47. The van der Waals surface area contributed by atoms with Gasteiger partial charge in [-0.1, -0.05) is 35.6 Å². The van der Waals surface area contributed by atoms with Crippen molar-refractivity contribution in [1.29, 1.82) is 0 Å². The highest BCUT2D eigenvalue weighted by Gasteiger charge is 2.34. The molecule has 0 saturated heterocycles. The van der Waals surface area contributed by atoms with Gasteiger partial charge in [0.15, 0.2) is 16.3 Å². The minimum absolute atomic E-state index is 0.0611. The van der Waals surface area contributed by atoms with Crippen molar-refractivity contribution in [2.45, 2.75) is 26.5 Å². The van der Waals surface area contributed by atoms with Gasteiger partial charge in [0.25, 0.3) is 5.56 Å². The molecule has 8 nitrogen and oxygen atoms in total. The lowest BCUT2D eigenvalue weighted by Crippen LogP contribution is -2.39. The lowest BCUT2D eigenvalue weighted by molar-refractivity contribution is -0.139. The highest BCUT2D eigenvalue weighted by atomic mass is 32.1. The summed E-state index contributed by atoms with van der Waals surface area (Å²) >= 11 is 1.08. The number of para-hydroxylation sites is 1. The molecule has 0 bridgehead atoms. The number of carbonyl (C=O) groups is 1. The van der Waals surface area contributed by atoms with Gasteiger partial charge in [-0.15, -0.1) is 0 Å². The SMILES string of the molecule is CCOC(=O)C1=C(C)N=c2s/c(=C/c3ccccc3OC(F)F)c(=O)n2[C@H]1c1ccc2c(c1)OCO2. The van der Waals surface area contributed by atoms with Gasteiger partial charge in [-0.3, -0.25) is 9.36 Å². The molecule has 5 rings (SSSR count). The Kier molecular flexibility index (Phi) is 6.31. The standard InChI is InChI=1S/C25H20F2N2O6S/c1-3-32-23(31)20-13(2)28-25-29(21(20)15-8-9-17-18(10-15)34-12-33-17)22(30)19(36-25)11-14-6-4-5-7-16(14)35-24(26)27/h4-11,21,24H,3,12H2,1-2H3/b19-11+/t21-/m0/s1. The van der Waals surface area contributed by atoms with Crippen molar-refractivity contribution >= 4 is 23.4 Å². The largest absolute Gasteiger partial charge is 0.463 e. The zero-order valence-electron chi connectivity index (χ0n) is 19.2. The van der Waals surface area contributed by atoms with Gasteiger partial charge in [0, 0.05) is 5.56 Å². The highest BCUT2D eigenvalue weighted by Crippen LogP contribution is 2.38. The van der Waals surface area contributed by atoms with E-state index in [0.717, 1.165) is 11.3 Å². The fourth-order valence-corrected chi connectivity index (χ4v) is 5.17. The molecule has 11 heteroatoms. The predicted molar refractivity (Wildman–Crippen MR) is 126 cm³/mol. The molecule has 2 aliphatic heterocycles. The normalized spacial score (nSPS) is 16.7. The monoisotopic (exact) mass is 514 g/mol. The molecule has 0 spiro atoms. The van der Waals surface area contributed by atoms with E-state index in [-0.39, 0.29) is 29.3 Å². The van der Waals surface area contributed by atoms with E-state index in [1.54, 1.807) is 50.2 Å². The first-order valence-corrected chi connectivity index (χ1v) is 11.8. The predicted octanol–water partition coefficient (Wildman–Crippen LogP) is 3.13. The number of hydrogen-bond donors (Lipinski definition) is 0. The van der Waals surface area contributed by atoms with Gasteiger partial charge in [-0.2, -0.15) is 8.78 Å². The second-order valence-corrected chi connectivity index (χ2v) is 8.84. The number of hydrogen-bond acceptors (Lipinski definition) is 8. The molecule has 0 aliphatic carbocycles. The molecule has 0 N–H and O–H groups in total. The Morgan fingerprint density at radius 1 is 1.25 bits per heavy atom. The quantitative estimate of drug-likeness (QED) is 0.470. The molecule has 2 aliphatic rings. The number of benzene rings is 2. The molecule has 0 fully saturated rings. The molecule has 3 aromatic rings. The van der Waals surface area contributed by atoms with Crippen LogP contribution in [-0.2, 0) is 9.53 Å². The summed E-state index contributed by atoms with van der Waals surface area (Å²) in [5.74, 6) is 0.395. The molecular formula is C25H20F2N2O6S. The number of nitrogens with zero attached hydrogens (tertiary/aromatic N) is 2. The topological polar surface area (TPSA) is 88.4 Å². The van der Waals surface area contributed by atoms with Crippen molar-refractivity contribution < 1.29 is 32.5 Å². The number of halogens is 2. The fourth-order valence-electron chi connectivity index (χ4n) is 4.13. The number of aromatic nitrogens is 1. The average Bonchev–Trinajstić information content (AvgIpc) is 3.43. The summed E-state index contributed by atoms with van der Waals surface area (Å²) in [5, 5.41) is 0. The van der Waals surface area contributed by atoms with Gasteiger partial charge >= 0.3 is 12.6 Å². The molecule has 0 saturated carbocycles. The van der Waals surface area contributed by atoms with Crippen molar-refractivity contribution in [3.05, 3.63) is 84.5 Å². The van der Waals surface area contributed by atoms with Crippen molar-refractivity contribution in [1.82, 2.24) is 4.57 Å². The smallest absolute Gasteiger partial charge is 0.387 e. The molecule has 0 radical (unpaired) electrons. The van der Waals surface area contributed by atoms with Crippen LogP contribution in [0.5, 0.6) is 17.2 Å². The van der Waals surface area contributed by atoms with E-state index >= 15 is 0 Å². The minimum Gasteiger partial charge on any atom is -0.463 e. The van der Waals surface area contributed by atoms with Crippen LogP contribution in [0.3, 0.4) is 0 Å². The van der Waals surface area contributed by atoms with Gasteiger partial charge in [-0.25, -0.2) is 9.79 Å². The summed E-state index contributed by atoms with van der Waals surface area (Å²) in [4.78, 5) is 31.5. The highest BCUT2D eigenvalue weighted by molar-refractivity contribution is 7.07. The Balaban J connectivity index is 1.71. The van der Waals surface area contributed by atoms with Crippen LogP contribution in [0.2, 0.25) is 0 Å². The van der Waals surface area contributed by atoms with Crippen LogP contribution in [0.25, 0.3) is 6.08 Å². The third-order valence-electron chi connectivity index (χ3n) is 5.65. The first kappa shape index (κ1) is 23.7. The Morgan fingerprint density at radius 2 is 2.03 bits per heavy atom. The van der Waals surface area contributed by atoms with Gasteiger partial charge in [-0.05, 0) is 43.7 Å². The molecule has 0 amide bonds. The van der Waals surface area contributed by atoms with Crippen molar-refractivity contribution in [2.24, 2.45) is 4.99 Å². The van der Waals surface area contributed by atoms with E-state index in [0.29, 0.717) is 33.1 Å². The van der Waals surface area contributed by atoms with Gasteiger partial charge in [0.05, 0.1) is 28.5 Å². The summed E-state index contributed by atoms with van der Waals surface area (Å²) in [6, 6.07) is 10.5. The summed E-state index contributed by atoms with van der Waals surface area (Å²) in [7, 11) is 0. The zero-order chi connectivity index (χ0) is 25.4. The molecule has 186 valence electrons. The molecule has 3 heterocycles. The number of esters is 1. The van der Waals surface area contributed by atoms with E-state index < -0.39 is 24.2 Å². The number of carbonyl (C=O) groups excluding carboxylic acids is 1. The Hall–Kier alpha value is -3.99. The number of alkyl halides is 2. The fraction of sp³-hybridized carbons (Fsp3) is 0.240. The third-order valence-corrected chi connectivity index (χ3v) is 6.63. The Morgan fingerprint density at radius 3 is 2.81 bits per heavy atom. The number of fused-ring (bicyclic) bond motifs is 2. The van der Waals surface area contributed by atoms with Crippen LogP contribution >= 0.6 is 11.3 Å². The first-order valence-electron chi connectivity index (χ1n) is 11.0. The zero-order valence-corrected chi connectivity index (χ0v) is 20.0. The maximum absolute atomic E-state index is 13.7. The third kappa shape index (κ3) is 4.26. The maximum atomic E-state index is 13.7. The van der Waals surface area contributed by atoms with Crippen molar-refractivity contribution in [2.75, 3.05) is 13.4 Å².